The van der Waals surface area contributed by atoms with Crippen LogP contribution in [-0.2, 0) is 4.74 Å². The third kappa shape index (κ3) is 5.01. The van der Waals surface area contributed by atoms with Crippen LogP contribution in [0.25, 0.3) is 0 Å². The van der Waals surface area contributed by atoms with Crippen LogP contribution in [0.2, 0.25) is 5.02 Å². The van der Waals surface area contributed by atoms with E-state index in [1.807, 2.05) is 0 Å². The molecule has 0 aliphatic heterocycles. The van der Waals surface area contributed by atoms with E-state index in [9.17, 15) is 4.79 Å². The molecule has 1 aromatic rings. The molecule has 0 saturated carbocycles. The summed E-state index contributed by atoms with van der Waals surface area (Å²) in [6.45, 7) is 0.748. The number of methoxy groups -OCH3 is 1. The van der Waals surface area contributed by atoms with Gasteiger partial charge in [-0.1, -0.05) is 23.7 Å². The van der Waals surface area contributed by atoms with E-state index in [1.54, 1.807) is 43.1 Å². The van der Waals surface area contributed by atoms with Gasteiger partial charge in [-0.2, -0.15) is 11.8 Å². The van der Waals surface area contributed by atoms with E-state index in [-0.39, 0.29) is 5.78 Å². The Bertz CT molecular complexity index is 342. The van der Waals surface area contributed by atoms with E-state index in [0.717, 1.165) is 18.8 Å². The van der Waals surface area contributed by atoms with Gasteiger partial charge in [0.05, 0.1) is 5.75 Å². The zero-order chi connectivity index (χ0) is 11.8. The molecule has 0 aliphatic rings. The second kappa shape index (κ2) is 7.71. The summed E-state index contributed by atoms with van der Waals surface area (Å²) in [6.07, 6.45) is 0.976. The van der Waals surface area contributed by atoms with Crippen molar-refractivity contribution in [1.29, 1.82) is 0 Å². The van der Waals surface area contributed by atoms with Gasteiger partial charge in [-0.25, -0.2) is 0 Å². The fourth-order valence-electron chi connectivity index (χ4n) is 1.22. The van der Waals surface area contributed by atoms with Gasteiger partial charge in [-0.15, -0.1) is 0 Å². The summed E-state index contributed by atoms with van der Waals surface area (Å²) < 4.78 is 4.93. The van der Waals surface area contributed by atoms with Crippen LogP contribution in [0.4, 0.5) is 0 Å². The van der Waals surface area contributed by atoms with Crippen molar-refractivity contribution in [3.05, 3.63) is 34.9 Å². The van der Waals surface area contributed by atoms with Crippen LogP contribution < -0.4 is 0 Å². The number of hydrogen-bond acceptors (Lipinski definition) is 3. The predicted octanol–water partition coefficient (Wildman–Crippen LogP) is 3.29. The lowest BCUT2D eigenvalue weighted by Crippen LogP contribution is -2.03. The van der Waals surface area contributed by atoms with Gasteiger partial charge in [-0.3, -0.25) is 4.79 Å². The lowest BCUT2D eigenvalue weighted by Gasteiger charge is -2.02. The molecule has 0 saturated heterocycles. The molecule has 0 bridgehead atoms. The van der Waals surface area contributed by atoms with Crippen molar-refractivity contribution in [2.24, 2.45) is 0 Å². The minimum absolute atomic E-state index is 0.130. The number of Topliss-reactive ketones (excluding diaryl/α,β-unsaturated/α-hetero) is 1. The highest BCUT2D eigenvalue weighted by Crippen LogP contribution is 2.13. The third-order valence-corrected chi connectivity index (χ3v) is 3.30. The molecule has 16 heavy (non-hydrogen) atoms. The lowest BCUT2D eigenvalue weighted by atomic mass is 10.1. The first kappa shape index (κ1) is 13.6. The van der Waals surface area contributed by atoms with Gasteiger partial charge in [0.1, 0.15) is 0 Å². The molecule has 0 aliphatic carbocycles. The number of carbonyl (C=O) groups excluding carboxylic acids is 1. The van der Waals surface area contributed by atoms with E-state index in [2.05, 4.69) is 0 Å². The van der Waals surface area contributed by atoms with Crippen LogP contribution in [0.15, 0.2) is 24.3 Å². The van der Waals surface area contributed by atoms with Crippen LogP contribution >= 0.6 is 23.4 Å². The van der Waals surface area contributed by atoms with Crippen LogP contribution in [0.3, 0.4) is 0 Å². The quantitative estimate of drug-likeness (QED) is 0.555. The van der Waals surface area contributed by atoms with Gasteiger partial charge in [0, 0.05) is 24.3 Å². The standard InChI is InChI=1S/C12H15ClO2S/c1-15-6-3-7-16-9-12(14)10-4-2-5-11(13)8-10/h2,4-5,8H,3,6-7,9H2,1H3. The van der Waals surface area contributed by atoms with Crippen molar-refractivity contribution in [2.45, 2.75) is 6.42 Å². The molecule has 0 fully saturated rings. The SMILES string of the molecule is COCCCSCC(=O)c1cccc(Cl)c1. The van der Waals surface area contributed by atoms with Crippen LogP contribution in [0, 0.1) is 0 Å². The molecule has 0 N–H and O–H groups in total. The Hall–Kier alpha value is -0.510. The number of thioether (sulfide) groups is 1. The van der Waals surface area contributed by atoms with Gasteiger partial charge in [-0.05, 0) is 24.3 Å². The highest BCUT2D eigenvalue weighted by molar-refractivity contribution is 7.99. The highest BCUT2D eigenvalue weighted by Gasteiger charge is 2.05. The van der Waals surface area contributed by atoms with Crippen molar-refractivity contribution in [2.75, 3.05) is 25.2 Å². The van der Waals surface area contributed by atoms with Crippen LogP contribution in [0.5, 0.6) is 0 Å². The van der Waals surface area contributed by atoms with E-state index in [4.69, 9.17) is 16.3 Å². The molecule has 1 aromatic carbocycles. The number of hydrogen-bond donors (Lipinski definition) is 0. The van der Waals surface area contributed by atoms with Gasteiger partial charge >= 0.3 is 0 Å². The molecule has 0 atom stereocenters. The Morgan fingerprint density at radius 1 is 1.50 bits per heavy atom. The topological polar surface area (TPSA) is 26.3 Å². The van der Waals surface area contributed by atoms with Gasteiger partial charge in [0.25, 0.3) is 0 Å². The van der Waals surface area contributed by atoms with Crippen molar-refractivity contribution >= 4 is 29.1 Å². The molecular formula is C12H15ClO2S. The highest BCUT2D eigenvalue weighted by atomic mass is 35.5. The second-order valence-electron chi connectivity index (χ2n) is 3.33. The van der Waals surface area contributed by atoms with Gasteiger partial charge < -0.3 is 4.74 Å². The maximum Gasteiger partial charge on any atom is 0.172 e. The Kier molecular flexibility index (Phi) is 6.53. The maximum absolute atomic E-state index is 11.7. The number of rotatable bonds is 7. The van der Waals surface area contributed by atoms with Gasteiger partial charge in [0.15, 0.2) is 5.78 Å². The Morgan fingerprint density at radius 2 is 2.31 bits per heavy atom. The largest absolute Gasteiger partial charge is 0.385 e. The third-order valence-electron chi connectivity index (χ3n) is 2.02. The molecule has 88 valence electrons. The predicted molar refractivity (Wildman–Crippen MR) is 69.6 cm³/mol. The minimum atomic E-state index is 0.130. The molecule has 0 aromatic heterocycles. The Balaban J connectivity index is 2.30. The maximum atomic E-state index is 11.7. The van der Waals surface area contributed by atoms with Crippen molar-refractivity contribution in [3.63, 3.8) is 0 Å². The number of ether oxygens (including phenoxy) is 1. The normalized spacial score (nSPS) is 10.4. The summed E-state index contributed by atoms with van der Waals surface area (Å²) in [5, 5.41) is 0.607. The molecular weight excluding hydrogens is 244 g/mol. The monoisotopic (exact) mass is 258 g/mol. The van der Waals surface area contributed by atoms with Crippen LogP contribution in [0.1, 0.15) is 16.8 Å². The molecule has 2 nitrogen and oxygen atoms in total. The number of halogens is 1. The Morgan fingerprint density at radius 3 is 3.00 bits per heavy atom. The molecule has 0 spiro atoms. The average molecular weight is 259 g/mol. The summed E-state index contributed by atoms with van der Waals surface area (Å²) >= 11 is 7.45. The van der Waals surface area contributed by atoms with E-state index < -0.39 is 0 Å². The summed E-state index contributed by atoms with van der Waals surface area (Å²) in [5.41, 5.74) is 0.687. The molecule has 0 radical (unpaired) electrons. The summed E-state index contributed by atoms with van der Waals surface area (Å²) in [6, 6.07) is 7.07. The first-order chi connectivity index (χ1) is 7.74. The lowest BCUT2D eigenvalue weighted by molar-refractivity contribution is 0.102. The van der Waals surface area contributed by atoms with Crippen LogP contribution in [-0.4, -0.2) is 31.0 Å². The zero-order valence-corrected chi connectivity index (χ0v) is 10.8. The first-order valence-electron chi connectivity index (χ1n) is 5.09. The number of carbonyl (C=O) groups is 1. The Labute approximate surface area is 105 Å². The molecule has 0 amide bonds. The smallest absolute Gasteiger partial charge is 0.172 e. The average Bonchev–Trinajstić information content (AvgIpc) is 2.28. The van der Waals surface area contributed by atoms with E-state index >= 15 is 0 Å². The number of ketones is 1. The first-order valence-corrected chi connectivity index (χ1v) is 6.62. The summed E-state index contributed by atoms with van der Waals surface area (Å²) in [7, 11) is 1.68. The molecule has 0 unspecified atom stereocenters. The molecule has 4 heteroatoms. The zero-order valence-electron chi connectivity index (χ0n) is 9.24. The number of benzene rings is 1. The minimum Gasteiger partial charge on any atom is -0.385 e. The fourth-order valence-corrected chi connectivity index (χ4v) is 2.22. The van der Waals surface area contributed by atoms with Crippen molar-refractivity contribution in [3.8, 4) is 0 Å². The van der Waals surface area contributed by atoms with Crippen molar-refractivity contribution < 1.29 is 9.53 Å². The fraction of sp³-hybridized carbons (Fsp3) is 0.417. The van der Waals surface area contributed by atoms with E-state index in [1.165, 1.54) is 0 Å². The summed E-state index contributed by atoms with van der Waals surface area (Å²) in [4.78, 5) is 11.7. The van der Waals surface area contributed by atoms with E-state index in [0.29, 0.717) is 16.3 Å². The van der Waals surface area contributed by atoms with Crippen molar-refractivity contribution in [1.82, 2.24) is 0 Å². The molecule has 1 rings (SSSR count). The second-order valence-corrected chi connectivity index (χ2v) is 4.87. The summed E-state index contributed by atoms with van der Waals surface area (Å²) in [5.74, 6) is 1.58. The van der Waals surface area contributed by atoms with Gasteiger partial charge in [0.2, 0.25) is 0 Å². The molecule has 0 heterocycles.